The molecule has 0 fully saturated rings. The maximum Gasteiger partial charge on any atom is 0.134 e. The van der Waals surface area contributed by atoms with Crippen LogP contribution in [0, 0.1) is 11.9 Å². The lowest BCUT2D eigenvalue weighted by molar-refractivity contribution is 0.310. The molecule has 1 radical (unpaired) electrons. The van der Waals surface area contributed by atoms with Gasteiger partial charge in [0.15, 0.2) is 0 Å². The van der Waals surface area contributed by atoms with E-state index in [1.165, 1.54) is 12.1 Å². The molecule has 0 spiro atoms. The van der Waals surface area contributed by atoms with E-state index in [9.17, 15) is 4.39 Å². The van der Waals surface area contributed by atoms with Crippen LogP contribution in [0.4, 0.5) is 4.39 Å². The molecular weight excluding hydrogens is 167 g/mol. The normalized spacial score (nSPS) is 9.62. The molecular formula is C11H12FO. The molecule has 0 saturated heterocycles. The van der Waals surface area contributed by atoms with E-state index in [-0.39, 0.29) is 5.82 Å². The quantitative estimate of drug-likeness (QED) is 0.498. The maximum absolute atomic E-state index is 12.6. The molecule has 0 unspecified atom stereocenters. The van der Waals surface area contributed by atoms with Crippen molar-refractivity contribution >= 4 is 0 Å². The molecule has 0 saturated carbocycles. The number of rotatable bonds is 5. The Bertz CT molecular complexity index is 271. The SMILES string of the molecule is C=CCCCOc1cc[c]c(F)c1. The molecule has 0 aliphatic carbocycles. The summed E-state index contributed by atoms with van der Waals surface area (Å²) in [6.07, 6.45) is 3.66. The van der Waals surface area contributed by atoms with Crippen molar-refractivity contribution in [2.45, 2.75) is 12.8 Å². The molecule has 0 aliphatic heterocycles. The average molecular weight is 179 g/mol. The van der Waals surface area contributed by atoms with E-state index >= 15 is 0 Å². The van der Waals surface area contributed by atoms with Crippen molar-refractivity contribution < 1.29 is 9.13 Å². The van der Waals surface area contributed by atoms with Crippen molar-refractivity contribution in [3.8, 4) is 5.75 Å². The molecule has 1 aromatic rings. The molecule has 1 nitrogen and oxygen atoms in total. The van der Waals surface area contributed by atoms with Gasteiger partial charge < -0.3 is 4.74 Å². The summed E-state index contributed by atoms with van der Waals surface area (Å²) in [6.45, 7) is 4.19. The van der Waals surface area contributed by atoms with Gasteiger partial charge in [0.25, 0.3) is 0 Å². The van der Waals surface area contributed by atoms with Gasteiger partial charge >= 0.3 is 0 Å². The molecule has 1 aromatic carbocycles. The minimum atomic E-state index is -0.388. The maximum atomic E-state index is 12.6. The minimum absolute atomic E-state index is 0.388. The van der Waals surface area contributed by atoms with Gasteiger partial charge in [-0.2, -0.15) is 0 Å². The first-order chi connectivity index (χ1) is 6.33. The van der Waals surface area contributed by atoms with Gasteiger partial charge in [0.1, 0.15) is 11.6 Å². The van der Waals surface area contributed by atoms with Crippen molar-refractivity contribution in [1.29, 1.82) is 0 Å². The lowest BCUT2D eigenvalue weighted by Crippen LogP contribution is -1.96. The fraction of sp³-hybridized carbons (Fsp3) is 0.273. The van der Waals surface area contributed by atoms with Gasteiger partial charge in [-0.15, -0.1) is 6.58 Å². The Kier molecular flexibility index (Phi) is 4.03. The lowest BCUT2D eigenvalue weighted by Gasteiger charge is -2.03. The van der Waals surface area contributed by atoms with Crippen LogP contribution in [0.3, 0.4) is 0 Å². The van der Waals surface area contributed by atoms with Gasteiger partial charge in [0.05, 0.1) is 6.61 Å². The van der Waals surface area contributed by atoms with Crippen LogP contribution in [0.15, 0.2) is 30.9 Å². The number of benzene rings is 1. The van der Waals surface area contributed by atoms with Crippen molar-refractivity contribution in [1.82, 2.24) is 0 Å². The number of allylic oxidation sites excluding steroid dienone is 1. The van der Waals surface area contributed by atoms with Crippen LogP contribution in [0.25, 0.3) is 0 Å². The van der Waals surface area contributed by atoms with Crippen molar-refractivity contribution in [3.05, 3.63) is 42.7 Å². The molecule has 0 atom stereocenters. The fourth-order valence-corrected chi connectivity index (χ4v) is 0.926. The van der Waals surface area contributed by atoms with Gasteiger partial charge in [0.2, 0.25) is 0 Å². The second-order valence-electron chi connectivity index (χ2n) is 2.65. The van der Waals surface area contributed by atoms with Crippen LogP contribution in [0.5, 0.6) is 5.75 Å². The van der Waals surface area contributed by atoms with Gasteiger partial charge in [-0.05, 0) is 25.0 Å². The molecule has 1 rings (SSSR count). The summed E-state index contributed by atoms with van der Waals surface area (Å²) in [5.41, 5.74) is 0. The minimum Gasteiger partial charge on any atom is -0.493 e. The Hall–Kier alpha value is -1.31. The molecule has 0 N–H and O–H groups in total. The van der Waals surface area contributed by atoms with Gasteiger partial charge in [-0.25, -0.2) is 4.39 Å². The predicted molar refractivity (Wildman–Crippen MR) is 50.2 cm³/mol. The largest absolute Gasteiger partial charge is 0.493 e. The smallest absolute Gasteiger partial charge is 0.134 e. The van der Waals surface area contributed by atoms with E-state index in [0.29, 0.717) is 12.4 Å². The Balaban J connectivity index is 2.32. The zero-order valence-electron chi connectivity index (χ0n) is 7.42. The van der Waals surface area contributed by atoms with Gasteiger partial charge in [-0.3, -0.25) is 0 Å². The zero-order valence-corrected chi connectivity index (χ0v) is 7.42. The first-order valence-corrected chi connectivity index (χ1v) is 4.24. The lowest BCUT2D eigenvalue weighted by atomic mass is 10.3. The summed E-state index contributed by atoms with van der Waals surface area (Å²) in [5, 5.41) is 0. The number of hydrogen-bond acceptors (Lipinski definition) is 1. The third kappa shape index (κ3) is 3.74. The summed E-state index contributed by atoms with van der Waals surface area (Å²) in [5.74, 6) is 0.168. The summed E-state index contributed by atoms with van der Waals surface area (Å²) in [6, 6.07) is 6.94. The second-order valence-corrected chi connectivity index (χ2v) is 2.65. The summed E-state index contributed by atoms with van der Waals surface area (Å²) in [7, 11) is 0. The second kappa shape index (κ2) is 5.36. The van der Waals surface area contributed by atoms with E-state index in [0.717, 1.165) is 12.8 Å². The number of halogens is 1. The zero-order chi connectivity index (χ0) is 9.52. The Morgan fingerprint density at radius 2 is 2.46 bits per heavy atom. The number of unbranched alkanes of at least 4 members (excludes halogenated alkanes) is 1. The van der Waals surface area contributed by atoms with Crippen molar-refractivity contribution in [2.75, 3.05) is 6.61 Å². The highest BCUT2D eigenvalue weighted by atomic mass is 19.1. The Morgan fingerprint density at radius 3 is 3.15 bits per heavy atom. The van der Waals surface area contributed by atoms with Crippen LogP contribution in [0.2, 0.25) is 0 Å². The standard InChI is InChI=1S/C11H12FO/c1-2-3-4-8-13-11-7-5-6-10(12)9-11/h2,5,7,9H,1,3-4,8H2. The van der Waals surface area contributed by atoms with Gasteiger partial charge in [-0.1, -0.05) is 6.08 Å². The fourth-order valence-electron chi connectivity index (χ4n) is 0.926. The van der Waals surface area contributed by atoms with Crippen LogP contribution in [-0.4, -0.2) is 6.61 Å². The molecule has 2 heteroatoms. The topological polar surface area (TPSA) is 9.23 Å². The highest BCUT2D eigenvalue weighted by Crippen LogP contribution is 2.11. The summed E-state index contributed by atoms with van der Waals surface area (Å²) >= 11 is 0. The molecule has 0 aromatic heterocycles. The highest BCUT2D eigenvalue weighted by molar-refractivity contribution is 5.21. The Labute approximate surface area is 77.8 Å². The molecule has 69 valence electrons. The number of hydrogen-bond donors (Lipinski definition) is 0. The predicted octanol–water partition coefficient (Wildman–Crippen LogP) is 2.97. The van der Waals surface area contributed by atoms with E-state index in [1.807, 2.05) is 6.08 Å². The van der Waals surface area contributed by atoms with E-state index in [4.69, 9.17) is 4.74 Å². The Morgan fingerprint density at radius 1 is 1.62 bits per heavy atom. The van der Waals surface area contributed by atoms with E-state index in [1.54, 1.807) is 6.07 Å². The van der Waals surface area contributed by atoms with E-state index < -0.39 is 0 Å². The molecule has 0 heterocycles. The van der Waals surface area contributed by atoms with Crippen LogP contribution in [-0.2, 0) is 0 Å². The highest BCUT2D eigenvalue weighted by Gasteiger charge is 1.94. The molecule has 0 aliphatic rings. The van der Waals surface area contributed by atoms with Crippen LogP contribution < -0.4 is 4.74 Å². The average Bonchev–Trinajstić information content (AvgIpc) is 2.13. The monoisotopic (exact) mass is 179 g/mol. The van der Waals surface area contributed by atoms with Gasteiger partial charge in [0, 0.05) is 12.1 Å². The molecule has 0 bridgehead atoms. The third-order valence-electron chi connectivity index (χ3n) is 1.56. The van der Waals surface area contributed by atoms with E-state index in [2.05, 4.69) is 12.6 Å². The summed E-state index contributed by atoms with van der Waals surface area (Å²) < 4.78 is 17.9. The molecule has 13 heavy (non-hydrogen) atoms. The number of ether oxygens (including phenoxy) is 1. The van der Waals surface area contributed by atoms with Crippen LogP contribution in [0.1, 0.15) is 12.8 Å². The van der Waals surface area contributed by atoms with Crippen LogP contribution >= 0.6 is 0 Å². The summed E-state index contributed by atoms with van der Waals surface area (Å²) in [4.78, 5) is 0. The first kappa shape index (κ1) is 9.78. The third-order valence-corrected chi connectivity index (χ3v) is 1.56. The van der Waals surface area contributed by atoms with Crippen molar-refractivity contribution in [2.24, 2.45) is 0 Å². The molecule has 0 amide bonds. The first-order valence-electron chi connectivity index (χ1n) is 4.24. The van der Waals surface area contributed by atoms with Crippen molar-refractivity contribution in [3.63, 3.8) is 0 Å².